The molecule has 1 aromatic carbocycles. The van der Waals surface area contributed by atoms with Crippen molar-refractivity contribution in [3.8, 4) is 0 Å². The zero-order chi connectivity index (χ0) is 16.3. The molecular weight excluding hydrogens is 316 g/mol. The van der Waals surface area contributed by atoms with Crippen molar-refractivity contribution < 1.29 is 4.79 Å². The highest BCUT2D eigenvalue weighted by Crippen LogP contribution is 2.29. The number of hydrogen-bond acceptors (Lipinski definition) is 4. The Morgan fingerprint density at radius 1 is 1.32 bits per heavy atom. The lowest BCUT2D eigenvalue weighted by Crippen LogP contribution is -2.30. The number of nitrogens with two attached hydrogens (primary N) is 1. The lowest BCUT2D eigenvalue weighted by molar-refractivity contribution is 0.103. The Morgan fingerprint density at radius 3 is 2.50 bits per heavy atom. The molecule has 0 amide bonds. The molecular formula is C17H21ClN2OS. The first-order valence-electron chi connectivity index (χ1n) is 7.34. The third-order valence-corrected chi connectivity index (χ3v) is 4.85. The molecule has 0 saturated heterocycles. The number of nitrogen functional groups attached to an aromatic ring is 1. The van der Waals surface area contributed by atoms with E-state index in [0.29, 0.717) is 27.2 Å². The van der Waals surface area contributed by atoms with Gasteiger partial charge in [-0.3, -0.25) is 9.69 Å². The van der Waals surface area contributed by atoms with Gasteiger partial charge in [-0.1, -0.05) is 18.5 Å². The van der Waals surface area contributed by atoms with Gasteiger partial charge in [0.25, 0.3) is 0 Å². The number of halogens is 1. The van der Waals surface area contributed by atoms with Crippen LogP contribution in [0.1, 0.15) is 42.3 Å². The van der Waals surface area contributed by atoms with Crippen LogP contribution in [-0.4, -0.2) is 23.3 Å². The molecule has 22 heavy (non-hydrogen) atoms. The third kappa shape index (κ3) is 3.69. The third-order valence-electron chi connectivity index (χ3n) is 3.74. The first-order chi connectivity index (χ1) is 10.4. The van der Waals surface area contributed by atoms with E-state index in [1.165, 1.54) is 11.3 Å². The normalized spacial score (nSPS) is 11.4. The summed E-state index contributed by atoms with van der Waals surface area (Å²) in [5, 5.41) is 3.19. The second-order valence-corrected chi connectivity index (χ2v) is 6.84. The van der Waals surface area contributed by atoms with Crippen molar-refractivity contribution in [3.05, 3.63) is 51.4 Å². The van der Waals surface area contributed by atoms with Crippen LogP contribution in [0.3, 0.4) is 0 Å². The van der Waals surface area contributed by atoms with E-state index in [0.717, 1.165) is 18.7 Å². The molecule has 0 bridgehead atoms. The number of thiophene rings is 1. The van der Waals surface area contributed by atoms with E-state index in [4.69, 9.17) is 17.3 Å². The second-order valence-electron chi connectivity index (χ2n) is 5.49. The maximum Gasteiger partial charge on any atom is 0.196 e. The summed E-state index contributed by atoms with van der Waals surface area (Å²) in [5.74, 6) is -0.0368. The zero-order valence-corrected chi connectivity index (χ0v) is 14.7. The molecule has 1 aromatic heterocycles. The van der Waals surface area contributed by atoms with Crippen LogP contribution in [0.15, 0.2) is 29.6 Å². The van der Waals surface area contributed by atoms with Crippen molar-refractivity contribution in [2.45, 2.75) is 33.4 Å². The van der Waals surface area contributed by atoms with Crippen molar-refractivity contribution in [2.24, 2.45) is 0 Å². The smallest absolute Gasteiger partial charge is 0.196 e. The Bertz CT molecular complexity index is 649. The van der Waals surface area contributed by atoms with Crippen LogP contribution in [-0.2, 0) is 6.54 Å². The first-order valence-corrected chi connectivity index (χ1v) is 8.60. The van der Waals surface area contributed by atoms with Gasteiger partial charge in [0.1, 0.15) is 0 Å². The van der Waals surface area contributed by atoms with Crippen molar-refractivity contribution >= 4 is 33.7 Å². The van der Waals surface area contributed by atoms with Crippen LogP contribution in [0.5, 0.6) is 0 Å². The number of anilines is 1. The molecule has 2 N–H and O–H groups in total. The van der Waals surface area contributed by atoms with E-state index >= 15 is 0 Å². The molecule has 0 aliphatic rings. The molecule has 118 valence electrons. The van der Waals surface area contributed by atoms with E-state index in [1.807, 2.05) is 5.38 Å². The molecule has 0 saturated carbocycles. The van der Waals surface area contributed by atoms with Gasteiger partial charge < -0.3 is 5.73 Å². The Balaban J connectivity index is 2.33. The molecule has 0 atom stereocenters. The fourth-order valence-electron chi connectivity index (χ4n) is 2.41. The van der Waals surface area contributed by atoms with E-state index in [9.17, 15) is 4.79 Å². The largest absolute Gasteiger partial charge is 0.390 e. The van der Waals surface area contributed by atoms with Crippen LogP contribution in [0.4, 0.5) is 5.00 Å². The van der Waals surface area contributed by atoms with Crippen LogP contribution < -0.4 is 5.73 Å². The SMILES string of the molecule is CCN(Cc1csc(N)c1C(=O)c1ccc(Cl)cc1)C(C)C. The standard InChI is InChI=1S/C17H21ClN2OS/c1-4-20(11(2)3)9-13-10-22-17(19)15(13)16(21)12-5-7-14(18)8-6-12/h5-8,10-11H,4,9,19H2,1-3H3. The first kappa shape index (κ1) is 17.0. The minimum absolute atomic E-state index is 0.0368. The van der Waals surface area contributed by atoms with Gasteiger partial charge in [0.2, 0.25) is 0 Å². The summed E-state index contributed by atoms with van der Waals surface area (Å²) in [5.41, 5.74) is 8.30. The highest BCUT2D eigenvalue weighted by Gasteiger charge is 2.21. The van der Waals surface area contributed by atoms with Crippen molar-refractivity contribution in [3.63, 3.8) is 0 Å². The lowest BCUT2D eigenvalue weighted by atomic mass is 10.0. The van der Waals surface area contributed by atoms with E-state index in [-0.39, 0.29) is 5.78 Å². The summed E-state index contributed by atoms with van der Waals surface area (Å²) in [7, 11) is 0. The second kappa shape index (κ2) is 7.27. The van der Waals surface area contributed by atoms with Crippen molar-refractivity contribution in [2.75, 3.05) is 12.3 Å². The Morgan fingerprint density at radius 2 is 1.95 bits per heavy atom. The van der Waals surface area contributed by atoms with Crippen LogP contribution in [0.25, 0.3) is 0 Å². The van der Waals surface area contributed by atoms with E-state index in [2.05, 4.69) is 25.7 Å². The highest BCUT2D eigenvalue weighted by molar-refractivity contribution is 7.14. The summed E-state index contributed by atoms with van der Waals surface area (Å²) in [6.45, 7) is 8.09. The number of ketones is 1. The van der Waals surface area contributed by atoms with Gasteiger partial charge in [0.05, 0.1) is 10.6 Å². The van der Waals surface area contributed by atoms with Crippen LogP contribution >= 0.6 is 22.9 Å². The monoisotopic (exact) mass is 336 g/mol. The molecule has 0 aliphatic heterocycles. The molecule has 5 heteroatoms. The molecule has 1 heterocycles. The van der Waals surface area contributed by atoms with Crippen LogP contribution in [0.2, 0.25) is 5.02 Å². The molecule has 2 rings (SSSR count). The fourth-order valence-corrected chi connectivity index (χ4v) is 3.34. The Hall–Kier alpha value is -1.36. The fraction of sp³-hybridized carbons (Fsp3) is 0.353. The zero-order valence-electron chi connectivity index (χ0n) is 13.1. The lowest BCUT2D eigenvalue weighted by Gasteiger charge is -2.24. The van der Waals surface area contributed by atoms with Gasteiger partial charge in [-0.05, 0) is 55.6 Å². The molecule has 0 spiro atoms. The van der Waals surface area contributed by atoms with Crippen molar-refractivity contribution in [1.29, 1.82) is 0 Å². The minimum atomic E-state index is -0.0368. The van der Waals surface area contributed by atoms with E-state index in [1.54, 1.807) is 24.3 Å². The molecule has 0 radical (unpaired) electrons. The molecule has 2 aromatic rings. The van der Waals surface area contributed by atoms with Gasteiger partial charge in [-0.25, -0.2) is 0 Å². The van der Waals surface area contributed by atoms with Gasteiger partial charge in [-0.15, -0.1) is 11.3 Å². The number of hydrogen-bond donors (Lipinski definition) is 1. The predicted molar refractivity (Wildman–Crippen MR) is 94.8 cm³/mol. The summed E-state index contributed by atoms with van der Waals surface area (Å²) < 4.78 is 0. The molecule has 0 aliphatic carbocycles. The Kier molecular flexibility index (Phi) is 5.62. The number of rotatable bonds is 6. The maximum atomic E-state index is 12.8. The van der Waals surface area contributed by atoms with Crippen molar-refractivity contribution in [1.82, 2.24) is 4.90 Å². The summed E-state index contributed by atoms with van der Waals surface area (Å²) in [6, 6.07) is 7.36. The van der Waals surface area contributed by atoms with E-state index < -0.39 is 0 Å². The van der Waals surface area contributed by atoms with Gasteiger partial charge in [0, 0.05) is 23.2 Å². The van der Waals surface area contributed by atoms with Crippen LogP contribution in [0, 0.1) is 0 Å². The number of nitrogens with zero attached hydrogens (tertiary/aromatic N) is 1. The molecule has 0 unspecified atom stereocenters. The number of carbonyl (C=O) groups excluding carboxylic acids is 1. The average Bonchev–Trinajstić information content (AvgIpc) is 2.85. The average molecular weight is 337 g/mol. The van der Waals surface area contributed by atoms with Gasteiger partial charge >= 0.3 is 0 Å². The summed E-state index contributed by atoms with van der Waals surface area (Å²) in [6.07, 6.45) is 0. The van der Waals surface area contributed by atoms with Gasteiger partial charge in [0.15, 0.2) is 5.78 Å². The quantitative estimate of drug-likeness (QED) is 0.793. The van der Waals surface area contributed by atoms with Gasteiger partial charge in [-0.2, -0.15) is 0 Å². The highest BCUT2D eigenvalue weighted by atomic mass is 35.5. The molecule has 0 fully saturated rings. The predicted octanol–water partition coefficient (Wildman–Crippen LogP) is 4.45. The number of benzene rings is 1. The number of carbonyl (C=O) groups is 1. The summed E-state index contributed by atoms with van der Waals surface area (Å²) >= 11 is 7.31. The minimum Gasteiger partial charge on any atom is -0.390 e. The topological polar surface area (TPSA) is 46.3 Å². The molecule has 3 nitrogen and oxygen atoms in total. The Labute approximate surface area is 140 Å². The summed E-state index contributed by atoms with van der Waals surface area (Å²) in [4.78, 5) is 15.1. The maximum absolute atomic E-state index is 12.8.